The summed E-state index contributed by atoms with van der Waals surface area (Å²) in [6, 6.07) is 5.46. The van der Waals surface area contributed by atoms with Crippen molar-refractivity contribution in [1.29, 1.82) is 0 Å². The van der Waals surface area contributed by atoms with E-state index in [0.29, 0.717) is 19.1 Å². The average Bonchev–Trinajstić information content (AvgIpc) is 2.30. The average molecular weight is 250 g/mol. The van der Waals surface area contributed by atoms with Crippen LogP contribution < -0.4 is 15.4 Å². The Morgan fingerprint density at radius 2 is 2.11 bits per heavy atom. The molecule has 1 aromatic carbocycles. The van der Waals surface area contributed by atoms with Gasteiger partial charge < -0.3 is 15.4 Å². The van der Waals surface area contributed by atoms with Crippen molar-refractivity contribution in [3.8, 4) is 5.75 Å². The van der Waals surface area contributed by atoms with E-state index in [-0.39, 0.29) is 6.03 Å². The lowest BCUT2D eigenvalue weighted by molar-refractivity contribution is 0.251. The van der Waals surface area contributed by atoms with Gasteiger partial charge in [0.15, 0.2) is 0 Å². The van der Waals surface area contributed by atoms with Gasteiger partial charge in [-0.2, -0.15) is 0 Å². The molecule has 18 heavy (non-hydrogen) atoms. The molecule has 2 amide bonds. The molecule has 1 aromatic rings. The van der Waals surface area contributed by atoms with E-state index in [1.807, 2.05) is 32.0 Å². The Morgan fingerprint density at radius 1 is 1.39 bits per heavy atom. The van der Waals surface area contributed by atoms with Crippen LogP contribution in [0, 0.1) is 12.8 Å². The van der Waals surface area contributed by atoms with Crippen molar-refractivity contribution < 1.29 is 9.53 Å². The fourth-order valence-corrected chi connectivity index (χ4v) is 1.50. The van der Waals surface area contributed by atoms with Crippen molar-refractivity contribution in [3.05, 3.63) is 23.8 Å². The zero-order valence-corrected chi connectivity index (χ0v) is 11.5. The SMILES string of the molecule is CCOc1ccc(NC(=O)NCC(C)C)c(C)c1. The molecule has 0 saturated carbocycles. The second kappa shape index (κ2) is 6.89. The van der Waals surface area contributed by atoms with Gasteiger partial charge in [0, 0.05) is 12.2 Å². The number of amides is 2. The molecule has 0 bridgehead atoms. The van der Waals surface area contributed by atoms with Crippen LogP contribution in [0.1, 0.15) is 26.3 Å². The summed E-state index contributed by atoms with van der Waals surface area (Å²) in [7, 11) is 0. The molecule has 0 aromatic heterocycles. The number of carbonyl (C=O) groups excluding carboxylic acids is 1. The first kappa shape index (κ1) is 14.4. The molecule has 1 rings (SSSR count). The number of hydrogen-bond acceptors (Lipinski definition) is 2. The van der Waals surface area contributed by atoms with E-state index in [0.717, 1.165) is 17.0 Å². The van der Waals surface area contributed by atoms with Gasteiger partial charge in [-0.1, -0.05) is 13.8 Å². The van der Waals surface area contributed by atoms with Crippen LogP contribution in [0.25, 0.3) is 0 Å². The normalized spacial score (nSPS) is 10.3. The molecule has 0 aliphatic rings. The third-order valence-corrected chi connectivity index (χ3v) is 2.43. The summed E-state index contributed by atoms with van der Waals surface area (Å²) >= 11 is 0. The quantitative estimate of drug-likeness (QED) is 0.843. The minimum absolute atomic E-state index is 0.170. The van der Waals surface area contributed by atoms with Crippen LogP contribution in [0.5, 0.6) is 5.75 Å². The van der Waals surface area contributed by atoms with E-state index in [2.05, 4.69) is 24.5 Å². The fourth-order valence-electron chi connectivity index (χ4n) is 1.50. The smallest absolute Gasteiger partial charge is 0.319 e. The van der Waals surface area contributed by atoms with Gasteiger partial charge in [-0.05, 0) is 43.5 Å². The molecule has 0 heterocycles. The van der Waals surface area contributed by atoms with Crippen LogP contribution in [0.4, 0.5) is 10.5 Å². The Hall–Kier alpha value is -1.71. The first-order valence-electron chi connectivity index (χ1n) is 6.31. The maximum atomic E-state index is 11.6. The third kappa shape index (κ3) is 4.65. The predicted molar refractivity (Wildman–Crippen MR) is 74.2 cm³/mol. The van der Waals surface area contributed by atoms with Crippen LogP contribution in [0.2, 0.25) is 0 Å². The lowest BCUT2D eigenvalue weighted by atomic mass is 10.2. The number of rotatable bonds is 5. The first-order valence-corrected chi connectivity index (χ1v) is 6.31. The second-order valence-electron chi connectivity index (χ2n) is 4.64. The van der Waals surface area contributed by atoms with Gasteiger partial charge >= 0.3 is 6.03 Å². The highest BCUT2D eigenvalue weighted by atomic mass is 16.5. The van der Waals surface area contributed by atoms with E-state index in [1.54, 1.807) is 0 Å². The summed E-state index contributed by atoms with van der Waals surface area (Å²) in [5.41, 5.74) is 1.79. The van der Waals surface area contributed by atoms with Gasteiger partial charge in [0.1, 0.15) is 5.75 Å². The van der Waals surface area contributed by atoms with Gasteiger partial charge in [-0.3, -0.25) is 0 Å². The standard InChI is InChI=1S/C14H22N2O2/c1-5-18-12-6-7-13(11(4)8-12)16-14(17)15-9-10(2)3/h6-8,10H,5,9H2,1-4H3,(H2,15,16,17). The molecule has 0 spiro atoms. The van der Waals surface area contributed by atoms with Gasteiger partial charge in [0.25, 0.3) is 0 Å². The molecule has 0 radical (unpaired) electrons. The Kier molecular flexibility index (Phi) is 5.49. The maximum absolute atomic E-state index is 11.6. The van der Waals surface area contributed by atoms with Crippen LogP contribution in [0.3, 0.4) is 0 Å². The number of carbonyl (C=O) groups is 1. The molecule has 0 aliphatic carbocycles. The lowest BCUT2D eigenvalue weighted by Gasteiger charge is -2.12. The predicted octanol–water partition coefficient (Wildman–Crippen LogP) is 3.17. The molecule has 4 heteroatoms. The lowest BCUT2D eigenvalue weighted by Crippen LogP contribution is -2.31. The Labute approximate surface area is 109 Å². The number of anilines is 1. The van der Waals surface area contributed by atoms with Crippen LogP contribution >= 0.6 is 0 Å². The molecule has 0 saturated heterocycles. The zero-order valence-electron chi connectivity index (χ0n) is 11.5. The summed E-state index contributed by atoms with van der Waals surface area (Å²) in [5, 5.41) is 5.65. The van der Waals surface area contributed by atoms with Crippen molar-refractivity contribution >= 4 is 11.7 Å². The molecule has 0 unspecified atom stereocenters. The highest BCUT2D eigenvalue weighted by Gasteiger charge is 2.05. The van der Waals surface area contributed by atoms with Crippen molar-refractivity contribution in [2.75, 3.05) is 18.5 Å². The van der Waals surface area contributed by atoms with Crippen LogP contribution in [-0.2, 0) is 0 Å². The number of ether oxygens (including phenoxy) is 1. The molecule has 100 valence electrons. The Bertz CT molecular complexity index is 403. The van der Waals surface area contributed by atoms with E-state index in [1.165, 1.54) is 0 Å². The maximum Gasteiger partial charge on any atom is 0.319 e. The number of aryl methyl sites for hydroxylation is 1. The van der Waals surface area contributed by atoms with Crippen LogP contribution in [0.15, 0.2) is 18.2 Å². The molecular formula is C14H22N2O2. The van der Waals surface area contributed by atoms with E-state index < -0.39 is 0 Å². The largest absolute Gasteiger partial charge is 0.494 e. The van der Waals surface area contributed by atoms with Gasteiger partial charge in [0.2, 0.25) is 0 Å². The number of hydrogen-bond donors (Lipinski definition) is 2. The molecule has 0 atom stereocenters. The van der Waals surface area contributed by atoms with Crippen LogP contribution in [-0.4, -0.2) is 19.2 Å². The molecule has 4 nitrogen and oxygen atoms in total. The summed E-state index contributed by atoms with van der Waals surface area (Å²) in [6.07, 6.45) is 0. The number of benzene rings is 1. The summed E-state index contributed by atoms with van der Waals surface area (Å²) in [6.45, 7) is 9.31. The summed E-state index contributed by atoms with van der Waals surface area (Å²) in [4.78, 5) is 11.6. The minimum atomic E-state index is -0.170. The zero-order chi connectivity index (χ0) is 13.5. The van der Waals surface area contributed by atoms with E-state index >= 15 is 0 Å². The molecule has 0 aliphatic heterocycles. The summed E-state index contributed by atoms with van der Waals surface area (Å²) in [5.74, 6) is 1.26. The van der Waals surface area contributed by atoms with Gasteiger partial charge in [-0.15, -0.1) is 0 Å². The molecule has 2 N–H and O–H groups in total. The third-order valence-electron chi connectivity index (χ3n) is 2.43. The fraction of sp³-hybridized carbons (Fsp3) is 0.500. The Morgan fingerprint density at radius 3 is 2.67 bits per heavy atom. The van der Waals surface area contributed by atoms with E-state index in [4.69, 9.17) is 4.74 Å². The summed E-state index contributed by atoms with van der Waals surface area (Å²) < 4.78 is 5.40. The first-order chi connectivity index (χ1) is 8.52. The molecular weight excluding hydrogens is 228 g/mol. The van der Waals surface area contributed by atoms with Crippen molar-refractivity contribution in [3.63, 3.8) is 0 Å². The topological polar surface area (TPSA) is 50.4 Å². The highest BCUT2D eigenvalue weighted by Crippen LogP contribution is 2.21. The number of urea groups is 1. The van der Waals surface area contributed by atoms with Crippen molar-refractivity contribution in [2.45, 2.75) is 27.7 Å². The van der Waals surface area contributed by atoms with Gasteiger partial charge in [0.05, 0.1) is 6.61 Å². The number of nitrogens with one attached hydrogen (secondary N) is 2. The minimum Gasteiger partial charge on any atom is -0.494 e. The molecule has 0 fully saturated rings. The second-order valence-corrected chi connectivity index (χ2v) is 4.64. The van der Waals surface area contributed by atoms with E-state index in [9.17, 15) is 4.79 Å². The Balaban J connectivity index is 2.59. The monoisotopic (exact) mass is 250 g/mol. The highest BCUT2D eigenvalue weighted by molar-refractivity contribution is 5.90. The van der Waals surface area contributed by atoms with Crippen molar-refractivity contribution in [2.24, 2.45) is 5.92 Å². The van der Waals surface area contributed by atoms with Gasteiger partial charge in [-0.25, -0.2) is 4.79 Å². The van der Waals surface area contributed by atoms with Crippen molar-refractivity contribution in [1.82, 2.24) is 5.32 Å².